The number of carbonyl (C=O) groups is 1. The van der Waals surface area contributed by atoms with E-state index in [-0.39, 0.29) is 18.5 Å². The molecule has 7 nitrogen and oxygen atoms in total. The van der Waals surface area contributed by atoms with Crippen LogP contribution in [0, 0.1) is 0 Å². The molecule has 0 unspecified atom stereocenters. The van der Waals surface area contributed by atoms with E-state index in [1.807, 2.05) is 18.2 Å². The summed E-state index contributed by atoms with van der Waals surface area (Å²) in [6, 6.07) is 7.40. The lowest BCUT2D eigenvalue weighted by Crippen LogP contribution is -2.24. The summed E-state index contributed by atoms with van der Waals surface area (Å²) in [6.45, 7) is 2.62. The Bertz CT molecular complexity index is 845. The lowest BCUT2D eigenvalue weighted by molar-refractivity contribution is -0.118. The molecule has 1 saturated heterocycles. The third-order valence-electron chi connectivity index (χ3n) is 4.35. The van der Waals surface area contributed by atoms with Crippen LogP contribution in [-0.2, 0) is 11.3 Å². The Hall–Kier alpha value is -2.19. The molecule has 2 aliphatic rings. The molecule has 1 aromatic heterocycles. The molecule has 0 bridgehead atoms. The number of aromatic nitrogens is 2. The average molecular weight is 407 g/mol. The summed E-state index contributed by atoms with van der Waals surface area (Å²) in [5.41, 5.74) is 0.952. The Morgan fingerprint density at radius 3 is 2.85 bits per heavy atom. The molecule has 1 N–H and O–H groups in total. The van der Waals surface area contributed by atoms with Gasteiger partial charge < -0.3 is 19.7 Å². The van der Waals surface area contributed by atoms with E-state index in [0.717, 1.165) is 43.1 Å². The summed E-state index contributed by atoms with van der Waals surface area (Å²) in [5, 5.41) is 3.80. The van der Waals surface area contributed by atoms with Crippen molar-refractivity contribution in [3.63, 3.8) is 0 Å². The first kappa shape index (κ1) is 18.2. The predicted octanol–water partition coefficient (Wildman–Crippen LogP) is 2.87. The second-order valence-corrected chi connectivity index (χ2v) is 7.61. The molecule has 4 rings (SSSR count). The van der Waals surface area contributed by atoms with Crippen molar-refractivity contribution < 1.29 is 14.3 Å². The van der Waals surface area contributed by atoms with Crippen molar-refractivity contribution in [1.29, 1.82) is 0 Å². The van der Waals surface area contributed by atoms with Gasteiger partial charge in [-0.05, 0) is 30.5 Å². The van der Waals surface area contributed by atoms with Gasteiger partial charge in [-0.15, -0.1) is 0 Å². The van der Waals surface area contributed by atoms with Gasteiger partial charge in [0.1, 0.15) is 11.0 Å². The van der Waals surface area contributed by atoms with Crippen LogP contribution >= 0.6 is 23.4 Å². The van der Waals surface area contributed by atoms with Crippen LogP contribution in [0.2, 0.25) is 5.15 Å². The van der Waals surface area contributed by atoms with Gasteiger partial charge in [0.15, 0.2) is 16.7 Å². The van der Waals surface area contributed by atoms with Crippen LogP contribution in [0.4, 0.5) is 5.82 Å². The van der Waals surface area contributed by atoms with Crippen molar-refractivity contribution in [2.45, 2.75) is 24.5 Å². The van der Waals surface area contributed by atoms with Gasteiger partial charge in [-0.3, -0.25) is 4.79 Å². The van der Waals surface area contributed by atoms with Crippen LogP contribution in [-0.4, -0.2) is 41.5 Å². The number of benzene rings is 1. The highest BCUT2D eigenvalue weighted by atomic mass is 35.5. The Morgan fingerprint density at radius 2 is 2.00 bits per heavy atom. The zero-order chi connectivity index (χ0) is 18.6. The number of thioether (sulfide) groups is 1. The number of fused-ring (bicyclic) bond motifs is 1. The smallest absolute Gasteiger partial charge is 0.231 e. The van der Waals surface area contributed by atoms with E-state index < -0.39 is 0 Å². The predicted molar refractivity (Wildman–Crippen MR) is 104 cm³/mol. The number of halogens is 1. The fourth-order valence-corrected chi connectivity index (χ4v) is 3.90. The number of anilines is 1. The number of ether oxygens (including phenoxy) is 2. The van der Waals surface area contributed by atoms with Crippen molar-refractivity contribution >= 4 is 35.1 Å². The van der Waals surface area contributed by atoms with Crippen LogP contribution in [0.5, 0.6) is 11.5 Å². The first-order valence-electron chi connectivity index (χ1n) is 8.75. The molecule has 0 atom stereocenters. The van der Waals surface area contributed by atoms with Crippen LogP contribution < -0.4 is 19.7 Å². The number of rotatable bonds is 6. The van der Waals surface area contributed by atoms with Crippen LogP contribution in [0.1, 0.15) is 18.4 Å². The van der Waals surface area contributed by atoms with Crippen molar-refractivity contribution in [3.8, 4) is 11.5 Å². The van der Waals surface area contributed by atoms with E-state index in [2.05, 4.69) is 20.2 Å². The summed E-state index contributed by atoms with van der Waals surface area (Å²) in [4.78, 5) is 23.1. The first-order valence-corrected chi connectivity index (χ1v) is 10.1. The number of nitrogens with zero attached hydrogens (tertiary/aromatic N) is 3. The van der Waals surface area contributed by atoms with Gasteiger partial charge in [0.05, 0.1) is 5.75 Å². The van der Waals surface area contributed by atoms with E-state index in [1.165, 1.54) is 11.8 Å². The van der Waals surface area contributed by atoms with E-state index in [0.29, 0.717) is 22.6 Å². The van der Waals surface area contributed by atoms with Gasteiger partial charge in [0.25, 0.3) is 0 Å². The Labute approximate surface area is 166 Å². The minimum Gasteiger partial charge on any atom is -0.454 e. The Morgan fingerprint density at radius 1 is 1.19 bits per heavy atom. The zero-order valence-electron chi connectivity index (χ0n) is 14.6. The van der Waals surface area contributed by atoms with Crippen molar-refractivity contribution in [2.75, 3.05) is 30.5 Å². The molecule has 9 heteroatoms. The summed E-state index contributed by atoms with van der Waals surface area (Å²) in [6.07, 6.45) is 2.32. The van der Waals surface area contributed by atoms with Gasteiger partial charge in [-0.2, -0.15) is 0 Å². The molecule has 0 radical (unpaired) electrons. The monoisotopic (exact) mass is 406 g/mol. The van der Waals surface area contributed by atoms with Gasteiger partial charge in [0, 0.05) is 25.7 Å². The summed E-state index contributed by atoms with van der Waals surface area (Å²) in [5.74, 6) is 2.40. The van der Waals surface area contributed by atoms with E-state index in [4.69, 9.17) is 21.1 Å². The number of hydrogen-bond donors (Lipinski definition) is 1. The summed E-state index contributed by atoms with van der Waals surface area (Å²) < 4.78 is 10.6. The highest BCUT2D eigenvalue weighted by molar-refractivity contribution is 7.99. The maximum atomic E-state index is 12.2. The molecule has 0 aliphatic carbocycles. The number of hydrogen-bond acceptors (Lipinski definition) is 7. The summed E-state index contributed by atoms with van der Waals surface area (Å²) in [7, 11) is 0. The Kier molecular flexibility index (Phi) is 5.54. The third kappa shape index (κ3) is 4.56. The zero-order valence-corrected chi connectivity index (χ0v) is 16.2. The minimum atomic E-state index is -0.0936. The van der Waals surface area contributed by atoms with E-state index in [9.17, 15) is 4.79 Å². The fourth-order valence-electron chi connectivity index (χ4n) is 2.99. The van der Waals surface area contributed by atoms with Crippen molar-refractivity contribution in [2.24, 2.45) is 0 Å². The lowest BCUT2D eigenvalue weighted by Gasteiger charge is -2.16. The van der Waals surface area contributed by atoms with Gasteiger partial charge in [-0.1, -0.05) is 29.4 Å². The Balaban J connectivity index is 1.30. The van der Waals surface area contributed by atoms with E-state index in [1.54, 1.807) is 6.07 Å². The van der Waals surface area contributed by atoms with Crippen LogP contribution in [0.3, 0.4) is 0 Å². The molecule has 0 saturated carbocycles. The highest BCUT2D eigenvalue weighted by Gasteiger charge is 2.17. The van der Waals surface area contributed by atoms with E-state index >= 15 is 0 Å². The lowest BCUT2D eigenvalue weighted by atomic mass is 10.2. The number of amides is 1. The molecule has 2 aliphatic heterocycles. The molecule has 1 fully saturated rings. The normalized spacial score (nSPS) is 15.2. The largest absolute Gasteiger partial charge is 0.454 e. The van der Waals surface area contributed by atoms with Crippen LogP contribution in [0.15, 0.2) is 29.4 Å². The molecule has 1 aromatic carbocycles. The second kappa shape index (κ2) is 8.22. The highest BCUT2D eigenvalue weighted by Crippen LogP contribution is 2.32. The molecule has 1 amide bonds. The second-order valence-electron chi connectivity index (χ2n) is 6.28. The average Bonchev–Trinajstić information content (AvgIpc) is 3.35. The van der Waals surface area contributed by atoms with Gasteiger partial charge in [-0.25, -0.2) is 9.97 Å². The van der Waals surface area contributed by atoms with Crippen molar-refractivity contribution in [3.05, 3.63) is 35.0 Å². The summed E-state index contributed by atoms with van der Waals surface area (Å²) >= 11 is 7.40. The first-order chi connectivity index (χ1) is 13.2. The third-order valence-corrected chi connectivity index (χ3v) is 5.39. The molecular weight excluding hydrogens is 388 g/mol. The number of nitrogens with one attached hydrogen (secondary N) is 1. The molecule has 2 aromatic rings. The molecule has 3 heterocycles. The standard InChI is InChI=1S/C18H19ClN4O3S/c19-15-8-16(23-5-1-2-6-23)22-18(21-15)27-10-17(24)20-9-12-3-4-13-14(7-12)26-11-25-13/h3-4,7-8H,1-2,5-6,9-11H2,(H,20,24). The topological polar surface area (TPSA) is 76.6 Å². The van der Waals surface area contributed by atoms with Crippen LogP contribution in [0.25, 0.3) is 0 Å². The quantitative estimate of drug-likeness (QED) is 0.449. The van der Waals surface area contributed by atoms with Gasteiger partial charge in [0.2, 0.25) is 12.7 Å². The maximum Gasteiger partial charge on any atom is 0.231 e. The molecule has 142 valence electrons. The molecular formula is C18H19ClN4O3S. The van der Waals surface area contributed by atoms with Gasteiger partial charge >= 0.3 is 0 Å². The molecule has 0 spiro atoms. The number of carbonyl (C=O) groups excluding carboxylic acids is 1. The van der Waals surface area contributed by atoms with Crippen molar-refractivity contribution in [1.82, 2.24) is 15.3 Å². The fraction of sp³-hybridized carbons (Fsp3) is 0.389. The SMILES string of the molecule is O=C(CSc1nc(Cl)cc(N2CCCC2)n1)NCc1ccc2c(c1)OCO2. The minimum absolute atomic E-state index is 0.0936. The molecule has 27 heavy (non-hydrogen) atoms. The maximum absolute atomic E-state index is 12.2.